The second-order valence-electron chi connectivity index (χ2n) is 12.2. The van der Waals surface area contributed by atoms with Gasteiger partial charge in [0.25, 0.3) is 5.88 Å². The SMILES string of the molecule is Cc1ncc(-c2cnc(OC(C)C(C)C)c(F)c2)c(N2CCC(C)(C)CC2)c1C(OC(C)(C)C)C(=O)O. The Morgan fingerprint density at radius 3 is 2.27 bits per heavy atom. The van der Waals surface area contributed by atoms with Crippen molar-refractivity contribution in [1.82, 2.24) is 9.97 Å². The minimum atomic E-state index is -1.23. The third kappa shape index (κ3) is 6.98. The Morgan fingerprint density at radius 2 is 1.76 bits per heavy atom. The van der Waals surface area contributed by atoms with Gasteiger partial charge in [0.15, 0.2) is 11.9 Å². The topological polar surface area (TPSA) is 84.8 Å². The molecule has 0 aliphatic carbocycles. The molecule has 1 N–H and O–H groups in total. The van der Waals surface area contributed by atoms with Crippen LogP contribution in [0.1, 0.15) is 85.6 Å². The largest absolute Gasteiger partial charge is 0.479 e. The molecule has 1 aliphatic heterocycles. The summed E-state index contributed by atoms with van der Waals surface area (Å²) in [6.45, 7) is 19.1. The smallest absolute Gasteiger partial charge is 0.337 e. The molecule has 0 radical (unpaired) electrons. The molecule has 0 bridgehead atoms. The zero-order chi connectivity index (χ0) is 27.7. The van der Waals surface area contributed by atoms with Gasteiger partial charge >= 0.3 is 5.97 Å². The average Bonchev–Trinajstić information content (AvgIpc) is 2.78. The van der Waals surface area contributed by atoms with E-state index in [9.17, 15) is 9.90 Å². The fourth-order valence-electron chi connectivity index (χ4n) is 4.37. The lowest BCUT2D eigenvalue weighted by molar-refractivity contribution is -0.160. The average molecular weight is 516 g/mol. The van der Waals surface area contributed by atoms with Crippen molar-refractivity contribution in [3.05, 3.63) is 35.5 Å². The quantitative estimate of drug-likeness (QED) is 0.425. The molecule has 204 valence electrons. The molecule has 1 fully saturated rings. The molecule has 1 saturated heterocycles. The van der Waals surface area contributed by atoms with Gasteiger partial charge in [-0.15, -0.1) is 0 Å². The van der Waals surface area contributed by atoms with Crippen molar-refractivity contribution in [2.45, 2.75) is 93.0 Å². The maximum atomic E-state index is 15.2. The molecule has 37 heavy (non-hydrogen) atoms. The standard InChI is InChI=1S/C29H42FN3O4/c1-17(2)19(4)36-26-22(30)14-20(15-32-26)21-16-31-18(3)23(25(27(34)35)37-28(5,6)7)24(21)33-12-10-29(8,9)11-13-33/h14-17,19,25H,10-13H2,1-9H3,(H,34,35). The van der Waals surface area contributed by atoms with Gasteiger partial charge < -0.3 is 19.5 Å². The predicted octanol–water partition coefficient (Wildman–Crippen LogP) is 6.58. The number of rotatable bonds is 8. The van der Waals surface area contributed by atoms with Crippen molar-refractivity contribution in [1.29, 1.82) is 0 Å². The van der Waals surface area contributed by atoms with Gasteiger partial charge in [-0.2, -0.15) is 0 Å². The summed E-state index contributed by atoms with van der Waals surface area (Å²) in [4.78, 5) is 23.5. The summed E-state index contributed by atoms with van der Waals surface area (Å²) in [7, 11) is 0. The number of nitrogens with zero attached hydrogens (tertiary/aromatic N) is 3. The summed E-state index contributed by atoms with van der Waals surface area (Å²) in [6.07, 6.45) is 3.70. The zero-order valence-corrected chi connectivity index (χ0v) is 23.7. The molecule has 0 saturated carbocycles. The Bertz CT molecular complexity index is 1120. The molecule has 0 spiro atoms. The molecule has 0 amide bonds. The van der Waals surface area contributed by atoms with Crippen molar-refractivity contribution in [2.24, 2.45) is 11.3 Å². The second kappa shape index (κ2) is 10.9. The van der Waals surface area contributed by atoms with Gasteiger partial charge in [0, 0.05) is 47.9 Å². The van der Waals surface area contributed by atoms with Crippen molar-refractivity contribution < 1.29 is 23.8 Å². The molecule has 2 unspecified atom stereocenters. The first kappa shape index (κ1) is 28.8. The molecule has 2 aromatic heterocycles. The van der Waals surface area contributed by atoms with Crippen molar-refractivity contribution in [3.63, 3.8) is 0 Å². The summed E-state index contributed by atoms with van der Waals surface area (Å²) >= 11 is 0. The van der Waals surface area contributed by atoms with E-state index in [-0.39, 0.29) is 23.3 Å². The van der Waals surface area contributed by atoms with Gasteiger partial charge in [-0.3, -0.25) is 4.98 Å². The van der Waals surface area contributed by atoms with Crippen LogP contribution in [0, 0.1) is 24.1 Å². The molecule has 2 aromatic rings. The number of piperidine rings is 1. The maximum Gasteiger partial charge on any atom is 0.337 e. The van der Waals surface area contributed by atoms with E-state index in [4.69, 9.17) is 9.47 Å². The predicted molar refractivity (Wildman–Crippen MR) is 144 cm³/mol. The highest BCUT2D eigenvalue weighted by Crippen LogP contribution is 2.43. The summed E-state index contributed by atoms with van der Waals surface area (Å²) in [5.41, 5.74) is 2.40. The number of aryl methyl sites for hydroxylation is 1. The number of pyridine rings is 2. The van der Waals surface area contributed by atoms with Gasteiger partial charge in [0.2, 0.25) is 0 Å². The number of carboxylic acid groups (broad SMARTS) is 1. The summed E-state index contributed by atoms with van der Waals surface area (Å²) in [5, 5.41) is 10.2. The molecule has 8 heteroatoms. The number of hydrogen-bond acceptors (Lipinski definition) is 6. The first-order valence-electron chi connectivity index (χ1n) is 13.1. The van der Waals surface area contributed by atoms with Crippen LogP contribution in [-0.2, 0) is 9.53 Å². The van der Waals surface area contributed by atoms with E-state index in [2.05, 4.69) is 28.7 Å². The lowest BCUT2D eigenvalue weighted by atomic mass is 9.82. The van der Waals surface area contributed by atoms with Crippen molar-refractivity contribution in [3.8, 4) is 17.0 Å². The maximum absolute atomic E-state index is 15.2. The minimum Gasteiger partial charge on any atom is -0.479 e. The molecule has 7 nitrogen and oxygen atoms in total. The van der Waals surface area contributed by atoms with E-state index >= 15 is 4.39 Å². The third-order valence-electron chi connectivity index (χ3n) is 7.03. The number of ether oxygens (including phenoxy) is 2. The highest BCUT2D eigenvalue weighted by Gasteiger charge is 2.36. The summed E-state index contributed by atoms with van der Waals surface area (Å²) in [6, 6.07) is 1.39. The van der Waals surface area contributed by atoms with Crippen LogP contribution in [0.2, 0.25) is 0 Å². The summed E-state index contributed by atoms with van der Waals surface area (Å²) in [5.74, 6) is -1.51. The van der Waals surface area contributed by atoms with Crippen molar-refractivity contribution in [2.75, 3.05) is 18.0 Å². The fourth-order valence-corrected chi connectivity index (χ4v) is 4.37. The fraction of sp³-hybridized carbons (Fsp3) is 0.621. The lowest BCUT2D eigenvalue weighted by Crippen LogP contribution is -2.39. The van der Waals surface area contributed by atoms with Crippen LogP contribution in [-0.4, -0.2) is 45.8 Å². The number of aromatic nitrogens is 2. The number of aliphatic carboxylic acids is 1. The molecular formula is C29H42FN3O4. The van der Waals surface area contributed by atoms with Gasteiger partial charge in [-0.05, 0) is 64.9 Å². The van der Waals surface area contributed by atoms with Gasteiger partial charge in [-0.25, -0.2) is 14.2 Å². The van der Waals surface area contributed by atoms with Crippen LogP contribution in [0.5, 0.6) is 5.88 Å². The van der Waals surface area contributed by atoms with Gasteiger partial charge in [0.1, 0.15) is 6.10 Å². The van der Waals surface area contributed by atoms with Crippen LogP contribution < -0.4 is 9.64 Å². The van der Waals surface area contributed by atoms with E-state index in [0.717, 1.165) is 25.9 Å². The zero-order valence-electron chi connectivity index (χ0n) is 23.7. The number of halogens is 1. The van der Waals surface area contributed by atoms with Crippen LogP contribution in [0.25, 0.3) is 11.1 Å². The molecule has 3 heterocycles. The van der Waals surface area contributed by atoms with Crippen LogP contribution in [0.3, 0.4) is 0 Å². The summed E-state index contributed by atoms with van der Waals surface area (Å²) < 4.78 is 27.0. The van der Waals surface area contributed by atoms with E-state index in [1.807, 2.05) is 41.5 Å². The monoisotopic (exact) mass is 515 g/mol. The number of anilines is 1. The second-order valence-corrected chi connectivity index (χ2v) is 12.2. The lowest BCUT2D eigenvalue weighted by Gasteiger charge is -2.40. The van der Waals surface area contributed by atoms with Gasteiger partial charge in [-0.1, -0.05) is 27.7 Å². The normalized spacial score (nSPS) is 17.5. The van der Waals surface area contributed by atoms with E-state index in [1.54, 1.807) is 19.3 Å². The highest BCUT2D eigenvalue weighted by molar-refractivity contribution is 5.86. The third-order valence-corrected chi connectivity index (χ3v) is 7.03. The number of hydrogen-bond donors (Lipinski definition) is 1. The Morgan fingerprint density at radius 1 is 1.14 bits per heavy atom. The highest BCUT2D eigenvalue weighted by atomic mass is 19.1. The number of carboxylic acids is 1. The molecule has 1 aliphatic rings. The Balaban J connectivity index is 2.18. The van der Waals surface area contributed by atoms with Crippen LogP contribution in [0.15, 0.2) is 18.5 Å². The Hall–Kier alpha value is -2.74. The van der Waals surface area contributed by atoms with E-state index in [0.29, 0.717) is 28.1 Å². The molecule has 2 atom stereocenters. The van der Waals surface area contributed by atoms with Gasteiger partial charge in [0.05, 0.1) is 11.3 Å². The first-order chi connectivity index (χ1) is 17.1. The van der Waals surface area contributed by atoms with Crippen LogP contribution in [0.4, 0.5) is 10.1 Å². The van der Waals surface area contributed by atoms with Crippen molar-refractivity contribution >= 4 is 11.7 Å². The van der Waals surface area contributed by atoms with E-state index in [1.165, 1.54) is 6.07 Å². The van der Waals surface area contributed by atoms with Crippen LogP contribution >= 0.6 is 0 Å². The first-order valence-corrected chi connectivity index (χ1v) is 13.1. The number of carbonyl (C=O) groups is 1. The molecular weight excluding hydrogens is 473 g/mol. The minimum absolute atomic E-state index is 0.0500. The Labute approximate surface area is 220 Å². The Kier molecular flexibility index (Phi) is 8.52. The molecule has 0 aromatic carbocycles. The van der Waals surface area contributed by atoms with E-state index < -0.39 is 23.5 Å². The molecule has 3 rings (SSSR count).